The van der Waals surface area contributed by atoms with E-state index in [1.807, 2.05) is 0 Å². The van der Waals surface area contributed by atoms with Gasteiger partial charge in [0.25, 0.3) is 0 Å². The Morgan fingerprint density at radius 1 is 0.720 bits per heavy atom. The first-order chi connectivity index (χ1) is 11.7. The fraction of sp³-hybridized carbons (Fsp3) is 0.900. The number of hydrogen-bond donors (Lipinski definition) is 0. The molecule has 0 aliphatic heterocycles. The Kier molecular flexibility index (Phi) is 15.1. The van der Waals surface area contributed by atoms with Crippen molar-refractivity contribution >= 4 is 33.8 Å². The SMILES string of the molecule is CC(C)CC(C)CC(=O)SCCOCCSC(=O)CC(C)CC(C)C. The van der Waals surface area contributed by atoms with Crippen molar-refractivity contribution < 1.29 is 14.3 Å². The Morgan fingerprint density at radius 2 is 1.08 bits per heavy atom. The number of thioether (sulfide) groups is 2. The molecule has 0 spiro atoms. The Balaban J connectivity index is 3.54. The van der Waals surface area contributed by atoms with Crippen molar-refractivity contribution in [3.8, 4) is 0 Å². The summed E-state index contributed by atoms with van der Waals surface area (Å²) >= 11 is 2.75. The van der Waals surface area contributed by atoms with Crippen LogP contribution in [0.5, 0.6) is 0 Å². The zero-order chi connectivity index (χ0) is 19.2. The predicted molar refractivity (Wildman–Crippen MR) is 112 cm³/mol. The first-order valence-electron chi connectivity index (χ1n) is 9.59. The van der Waals surface area contributed by atoms with Crippen LogP contribution >= 0.6 is 23.5 Å². The molecule has 25 heavy (non-hydrogen) atoms. The molecule has 0 rings (SSSR count). The lowest BCUT2D eigenvalue weighted by Gasteiger charge is -2.13. The molecule has 0 aromatic carbocycles. The van der Waals surface area contributed by atoms with Crippen LogP contribution in [0.2, 0.25) is 0 Å². The minimum atomic E-state index is 0.264. The molecule has 0 heterocycles. The van der Waals surface area contributed by atoms with Gasteiger partial charge in [-0.25, -0.2) is 0 Å². The molecule has 0 bridgehead atoms. The summed E-state index contributed by atoms with van der Waals surface area (Å²) in [5.41, 5.74) is 0. The van der Waals surface area contributed by atoms with Crippen molar-refractivity contribution in [2.24, 2.45) is 23.7 Å². The van der Waals surface area contributed by atoms with Gasteiger partial charge in [-0.15, -0.1) is 0 Å². The third-order valence-corrected chi connectivity index (χ3v) is 5.48. The normalized spacial score (nSPS) is 14.1. The molecule has 0 aromatic heterocycles. The molecule has 0 N–H and O–H groups in total. The van der Waals surface area contributed by atoms with Crippen LogP contribution in [0.4, 0.5) is 0 Å². The highest BCUT2D eigenvalue weighted by Gasteiger charge is 2.12. The van der Waals surface area contributed by atoms with Crippen molar-refractivity contribution in [1.82, 2.24) is 0 Å². The van der Waals surface area contributed by atoms with Crippen LogP contribution in [0, 0.1) is 23.7 Å². The van der Waals surface area contributed by atoms with Crippen molar-refractivity contribution in [2.45, 2.75) is 67.2 Å². The van der Waals surface area contributed by atoms with E-state index < -0.39 is 0 Å². The smallest absolute Gasteiger partial charge is 0.189 e. The van der Waals surface area contributed by atoms with Crippen LogP contribution in [-0.2, 0) is 14.3 Å². The van der Waals surface area contributed by atoms with Gasteiger partial charge < -0.3 is 4.74 Å². The standard InChI is InChI=1S/C20H38O3S2/c1-15(2)11-17(5)13-19(21)24-9-7-23-8-10-25-20(22)14-18(6)12-16(3)4/h15-18H,7-14H2,1-6H3. The van der Waals surface area contributed by atoms with Gasteiger partial charge in [0.2, 0.25) is 0 Å². The van der Waals surface area contributed by atoms with Crippen molar-refractivity contribution in [2.75, 3.05) is 24.7 Å². The summed E-state index contributed by atoms with van der Waals surface area (Å²) in [4.78, 5) is 23.7. The average Bonchev–Trinajstić information content (AvgIpc) is 2.43. The predicted octanol–water partition coefficient (Wildman–Crippen LogP) is 5.67. The molecule has 0 saturated heterocycles. The molecule has 0 fully saturated rings. The van der Waals surface area contributed by atoms with E-state index in [4.69, 9.17) is 4.74 Å². The minimum Gasteiger partial charge on any atom is -0.380 e. The quantitative estimate of drug-likeness (QED) is 0.358. The Hall–Kier alpha value is -0.0000000000000000555. The lowest BCUT2D eigenvalue weighted by molar-refractivity contribution is -0.112. The van der Waals surface area contributed by atoms with E-state index in [1.54, 1.807) is 0 Å². The fourth-order valence-electron chi connectivity index (χ4n) is 2.99. The maximum Gasteiger partial charge on any atom is 0.189 e. The van der Waals surface area contributed by atoms with Crippen LogP contribution in [0.3, 0.4) is 0 Å². The molecule has 148 valence electrons. The Bertz CT molecular complexity index is 336. The largest absolute Gasteiger partial charge is 0.380 e. The first-order valence-corrected chi connectivity index (χ1v) is 11.6. The van der Waals surface area contributed by atoms with Crippen LogP contribution < -0.4 is 0 Å². The number of ether oxygens (including phenoxy) is 1. The van der Waals surface area contributed by atoms with E-state index in [2.05, 4.69) is 41.5 Å². The molecule has 3 nitrogen and oxygen atoms in total. The minimum absolute atomic E-state index is 0.264. The van der Waals surface area contributed by atoms with E-state index >= 15 is 0 Å². The molecular weight excluding hydrogens is 352 g/mol. The van der Waals surface area contributed by atoms with Crippen molar-refractivity contribution in [3.05, 3.63) is 0 Å². The van der Waals surface area contributed by atoms with E-state index in [0.29, 0.717) is 61.2 Å². The van der Waals surface area contributed by atoms with Gasteiger partial charge in [0.15, 0.2) is 10.2 Å². The highest BCUT2D eigenvalue weighted by atomic mass is 32.2. The maximum absolute atomic E-state index is 11.9. The van der Waals surface area contributed by atoms with E-state index in [9.17, 15) is 9.59 Å². The maximum atomic E-state index is 11.9. The van der Waals surface area contributed by atoms with Crippen LogP contribution in [-0.4, -0.2) is 35.0 Å². The summed E-state index contributed by atoms with van der Waals surface area (Å²) in [6.07, 6.45) is 3.51. The summed E-state index contributed by atoms with van der Waals surface area (Å²) in [5, 5.41) is 0.529. The average molecular weight is 391 g/mol. The van der Waals surface area contributed by atoms with E-state index in [1.165, 1.54) is 23.5 Å². The van der Waals surface area contributed by atoms with Crippen LogP contribution in [0.15, 0.2) is 0 Å². The molecule has 2 unspecified atom stereocenters. The fourth-order valence-corrected chi connectivity index (χ4v) is 4.66. The summed E-state index contributed by atoms with van der Waals surface area (Å²) in [7, 11) is 0. The number of hydrogen-bond acceptors (Lipinski definition) is 5. The van der Waals surface area contributed by atoms with Crippen molar-refractivity contribution in [3.63, 3.8) is 0 Å². The molecule has 2 atom stereocenters. The zero-order valence-corrected chi connectivity index (χ0v) is 18.6. The summed E-state index contributed by atoms with van der Waals surface area (Å²) in [6.45, 7) is 14.2. The van der Waals surface area contributed by atoms with Gasteiger partial charge in [0, 0.05) is 24.3 Å². The summed E-state index contributed by atoms with van der Waals surface area (Å²) in [5.74, 6) is 3.62. The number of rotatable bonds is 14. The van der Waals surface area contributed by atoms with Gasteiger partial charge in [-0.2, -0.15) is 0 Å². The van der Waals surface area contributed by atoms with Gasteiger partial charge in [0.1, 0.15) is 0 Å². The lowest BCUT2D eigenvalue weighted by Crippen LogP contribution is -2.09. The highest BCUT2D eigenvalue weighted by Crippen LogP contribution is 2.19. The van der Waals surface area contributed by atoms with Gasteiger partial charge in [-0.1, -0.05) is 65.1 Å². The monoisotopic (exact) mass is 390 g/mol. The van der Waals surface area contributed by atoms with Gasteiger partial charge in [-0.3, -0.25) is 9.59 Å². The number of carbonyl (C=O) groups excluding carboxylic acids is 2. The van der Waals surface area contributed by atoms with Gasteiger partial charge in [-0.05, 0) is 36.5 Å². The summed E-state index contributed by atoms with van der Waals surface area (Å²) in [6, 6.07) is 0. The first kappa shape index (κ1) is 25.0. The van der Waals surface area contributed by atoms with Crippen LogP contribution in [0.1, 0.15) is 67.2 Å². The molecule has 0 radical (unpaired) electrons. The molecule has 0 aliphatic rings. The lowest BCUT2D eigenvalue weighted by atomic mass is 9.97. The van der Waals surface area contributed by atoms with Crippen LogP contribution in [0.25, 0.3) is 0 Å². The van der Waals surface area contributed by atoms with Crippen molar-refractivity contribution in [1.29, 1.82) is 0 Å². The third-order valence-electron chi connectivity index (χ3n) is 3.76. The molecule has 5 heteroatoms. The second-order valence-electron chi connectivity index (χ2n) is 7.93. The molecule has 0 aliphatic carbocycles. The Morgan fingerprint density at radius 3 is 1.40 bits per heavy atom. The molecule has 0 saturated carbocycles. The molecular formula is C20H38O3S2. The van der Waals surface area contributed by atoms with Gasteiger partial charge >= 0.3 is 0 Å². The zero-order valence-electron chi connectivity index (χ0n) is 17.0. The van der Waals surface area contributed by atoms with Gasteiger partial charge in [0.05, 0.1) is 13.2 Å². The Labute approximate surface area is 163 Å². The number of carbonyl (C=O) groups is 2. The molecule has 0 amide bonds. The topological polar surface area (TPSA) is 43.4 Å². The van der Waals surface area contributed by atoms with E-state index in [0.717, 1.165) is 12.8 Å². The molecule has 0 aromatic rings. The summed E-state index contributed by atoms with van der Waals surface area (Å²) < 4.78 is 5.53. The van der Waals surface area contributed by atoms with E-state index in [-0.39, 0.29) is 10.2 Å². The highest BCUT2D eigenvalue weighted by molar-refractivity contribution is 8.13. The second kappa shape index (κ2) is 15.1. The second-order valence-corrected chi connectivity index (χ2v) is 10.2. The third kappa shape index (κ3) is 17.2.